The van der Waals surface area contributed by atoms with Crippen molar-refractivity contribution in [3.8, 4) is 5.75 Å². The molecule has 1 aromatic rings. The van der Waals surface area contributed by atoms with Gasteiger partial charge < -0.3 is 33.5 Å². The zero-order valence-corrected chi connectivity index (χ0v) is 15.6. The predicted octanol–water partition coefficient (Wildman–Crippen LogP) is 1.63. The molecule has 27 heavy (non-hydrogen) atoms. The second-order valence-electron chi connectivity index (χ2n) is 5.23. The van der Waals surface area contributed by atoms with E-state index in [4.69, 9.17) is 38.9 Å². The van der Waals surface area contributed by atoms with Gasteiger partial charge in [-0.25, -0.2) is 0 Å². The van der Waals surface area contributed by atoms with Crippen LogP contribution >= 0.6 is 0 Å². The first-order valence-corrected chi connectivity index (χ1v) is 8.94. The summed E-state index contributed by atoms with van der Waals surface area (Å²) in [5.74, 6) is 0.695. The summed E-state index contributed by atoms with van der Waals surface area (Å²) in [6.07, 6.45) is 0. The summed E-state index contributed by atoms with van der Waals surface area (Å²) < 4.78 is 32.0. The van der Waals surface area contributed by atoms with E-state index < -0.39 is 0 Å². The molecule has 0 bridgehead atoms. The van der Waals surface area contributed by atoms with E-state index >= 15 is 0 Å². The quantitative estimate of drug-likeness (QED) is 0.300. The Morgan fingerprint density at radius 2 is 1.04 bits per heavy atom. The first-order chi connectivity index (χ1) is 13.4. The van der Waals surface area contributed by atoms with Gasteiger partial charge in [0, 0.05) is 12.1 Å². The molecule has 9 heteroatoms. The number of ether oxygens (including phenoxy) is 6. The van der Waals surface area contributed by atoms with Crippen LogP contribution in [-0.4, -0.2) is 84.4 Å². The molecule has 0 atom stereocenters. The van der Waals surface area contributed by atoms with Crippen LogP contribution in [0, 0.1) is 5.39 Å². The largest absolute Gasteiger partial charge is 0.491 e. The van der Waals surface area contributed by atoms with E-state index in [-0.39, 0.29) is 6.61 Å². The highest BCUT2D eigenvalue weighted by Gasteiger charge is 2.02. The molecule has 0 fully saturated rings. The molecule has 152 valence electrons. The SMILES string of the molecule is N#[N+]c1ccc(OCCOCCOCCOCCOCCOCCO)cc1. The Morgan fingerprint density at radius 3 is 1.44 bits per heavy atom. The van der Waals surface area contributed by atoms with E-state index in [1.54, 1.807) is 24.3 Å². The Morgan fingerprint density at radius 1 is 0.630 bits per heavy atom. The number of hydrogen-bond donors (Lipinski definition) is 1. The lowest BCUT2D eigenvalue weighted by Crippen LogP contribution is -2.14. The van der Waals surface area contributed by atoms with Gasteiger partial charge >= 0.3 is 5.69 Å². The number of benzene rings is 1. The van der Waals surface area contributed by atoms with Gasteiger partial charge in [0.15, 0.2) is 4.98 Å². The Balaban J connectivity index is 1.76. The summed E-state index contributed by atoms with van der Waals surface area (Å²) in [6, 6.07) is 6.78. The average molecular weight is 385 g/mol. The molecule has 0 amide bonds. The Hall–Kier alpha value is -1.80. The van der Waals surface area contributed by atoms with E-state index in [0.29, 0.717) is 84.1 Å². The van der Waals surface area contributed by atoms with E-state index in [1.807, 2.05) is 0 Å². The van der Waals surface area contributed by atoms with Gasteiger partial charge in [0.25, 0.3) is 0 Å². The first-order valence-electron chi connectivity index (χ1n) is 8.94. The van der Waals surface area contributed by atoms with Crippen molar-refractivity contribution in [3.05, 3.63) is 29.2 Å². The molecule has 0 spiro atoms. The highest BCUT2D eigenvalue weighted by atomic mass is 16.6. The van der Waals surface area contributed by atoms with Gasteiger partial charge in [-0.3, -0.25) is 0 Å². The van der Waals surface area contributed by atoms with Crippen LogP contribution < -0.4 is 4.74 Å². The van der Waals surface area contributed by atoms with Gasteiger partial charge in [0.05, 0.1) is 72.7 Å². The second kappa shape index (κ2) is 17.6. The second-order valence-corrected chi connectivity index (χ2v) is 5.23. The van der Waals surface area contributed by atoms with Crippen LogP contribution in [0.2, 0.25) is 0 Å². The average Bonchev–Trinajstić information content (AvgIpc) is 2.70. The lowest BCUT2D eigenvalue weighted by molar-refractivity contribution is -0.0146. The molecule has 0 saturated carbocycles. The molecule has 9 nitrogen and oxygen atoms in total. The molecule has 0 aliphatic carbocycles. The van der Waals surface area contributed by atoms with E-state index in [2.05, 4.69) is 4.98 Å². The van der Waals surface area contributed by atoms with Crippen molar-refractivity contribution in [1.82, 2.24) is 0 Å². The van der Waals surface area contributed by atoms with Crippen molar-refractivity contribution in [2.75, 3.05) is 79.3 Å². The van der Waals surface area contributed by atoms with Crippen LogP contribution in [0.25, 0.3) is 4.98 Å². The minimum atomic E-state index is 0.0274. The topological polar surface area (TPSA) is 104 Å². The Bertz CT molecular complexity index is 493. The van der Waals surface area contributed by atoms with Gasteiger partial charge in [-0.1, -0.05) is 0 Å². The summed E-state index contributed by atoms with van der Waals surface area (Å²) in [7, 11) is 0. The van der Waals surface area contributed by atoms with Crippen molar-refractivity contribution in [1.29, 1.82) is 5.39 Å². The monoisotopic (exact) mass is 385 g/mol. The summed E-state index contributed by atoms with van der Waals surface area (Å²) in [4.78, 5) is 3.07. The van der Waals surface area contributed by atoms with Crippen LogP contribution in [0.3, 0.4) is 0 Å². The molecule has 1 N–H and O–H groups in total. The number of aliphatic hydroxyl groups excluding tert-OH is 1. The van der Waals surface area contributed by atoms with Gasteiger partial charge in [0.1, 0.15) is 12.4 Å². The van der Waals surface area contributed by atoms with Gasteiger partial charge in [-0.2, -0.15) is 0 Å². The number of nitrogens with zero attached hydrogens (tertiary/aromatic N) is 2. The van der Waals surface area contributed by atoms with Crippen LogP contribution in [0.15, 0.2) is 24.3 Å². The lowest BCUT2D eigenvalue weighted by Gasteiger charge is -2.08. The van der Waals surface area contributed by atoms with Crippen LogP contribution in [0.1, 0.15) is 0 Å². The fourth-order valence-corrected chi connectivity index (χ4v) is 1.87. The van der Waals surface area contributed by atoms with Gasteiger partial charge in [-0.05, 0) is 12.1 Å². The molecule has 0 aromatic heterocycles. The Labute approximate surface area is 159 Å². The smallest absolute Gasteiger partial charge is 0.385 e. The third kappa shape index (κ3) is 14.0. The lowest BCUT2D eigenvalue weighted by atomic mass is 10.3. The predicted molar refractivity (Wildman–Crippen MR) is 97.9 cm³/mol. The third-order valence-corrected chi connectivity index (χ3v) is 3.17. The van der Waals surface area contributed by atoms with Crippen LogP contribution in [-0.2, 0) is 23.7 Å². The number of aliphatic hydroxyl groups is 1. The molecule has 0 radical (unpaired) electrons. The molecular formula is C18H29N2O7+. The number of hydrogen-bond acceptors (Lipinski definition) is 8. The zero-order valence-electron chi connectivity index (χ0n) is 15.6. The summed E-state index contributed by atoms with van der Waals surface area (Å²) >= 11 is 0. The highest BCUT2D eigenvalue weighted by molar-refractivity contribution is 5.46. The molecule has 0 aliphatic rings. The first kappa shape index (κ1) is 23.2. The van der Waals surface area contributed by atoms with E-state index in [9.17, 15) is 0 Å². The van der Waals surface area contributed by atoms with Crippen molar-refractivity contribution < 1.29 is 33.5 Å². The van der Waals surface area contributed by atoms with Crippen LogP contribution in [0.4, 0.5) is 5.69 Å². The van der Waals surface area contributed by atoms with Gasteiger partial charge in [-0.15, -0.1) is 0 Å². The van der Waals surface area contributed by atoms with Crippen LogP contribution in [0.5, 0.6) is 5.75 Å². The molecule has 1 aromatic carbocycles. The van der Waals surface area contributed by atoms with Gasteiger partial charge in [0.2, 0.25) is 5.39 Å². The molecule has 0 saturated heterocycles. The van der Waals surface area contributed by atoms with Crippen molar-refractivity contribution in [2.45, 2.75) is 0 Å². The normalized spacial score (nSPS) is 10.7. The van der Waals surface area contributed by atoms with E-state index in [0.717, 1.165) is 0 Å². The van der Waals surface area contributed by atoms with Crippen molar-refractivity contribution >= 4 is 5.69 Å². The summed E-state index contributed by atoms with van der Waals surface area (Å²) in [5.41, 5.74) is 0.482. The molecular weight excluding hydrogens is 356 g/mol. The molecule has 1 rings (SSSR count). The fraction of sp³-hybridized carbons (Fsp3) is 0.667. The zero-order chi connectivity index (χ0) is 19.4. The summed E-state index contributed by atoms with van der Waals surface area (Å²) in [5, 5.41) is 17.1. The maximum absolute atomic E-state index is 8.59. The minimum absolute atomic E-state index is 0.0274. The highest BCUT2D eigenvalue weighted by Crippen LogP contribution is 2.17. The number of diazo groups is 1. The molecule has 0 unspecified atom stereocenters. The molecule has 0 aliphatic heterocycles. The number of rotatable bonds is 18. The Kier molecular flexibility index (Phi) is 15.2. The fourth-order valence-electron chi connectivity index (χ4n) is 1.87. The maximum atomic E-state index is 8.59. The maximum Gasteiger partial charge on any atom is 0.385 e. The minimum Gasteiger partial charge on any atom is -0.491 e. The van der Waals surface area contributed by atoms with Crippen molar-refractivity contribution in [3.63, 3.8) is 0 Å². The van der Waals surface area contributed by atoms with Crippen molar-refractivity contribution in [2.24, 2.45) is 0 Å². The molecule has 0 heterocycles. The van der Waals surface area contributed by atoms with E-state index in [1.165, 1.54) is 0 Å². The summed E-state index contributed by atoms with van der Waals surface area (Å²) in [6.45, 7) is 5.22. The standard InChI is InChI=1S/C18H29N2O7/c19-20-17-1-3-18(4-2-17)27-16-15-26-14-13-25-12-11-24-10-9-23-8-7-22-6-5-21/h1-4,21H,5-16H2/q+1. The third-order valence-electron chi connectivity index (χ3n) is 3.17.